The van der Waals surface area contributed by atoms with Crippen LogP contribution in [0.1, 0.15) is 53.7 Å². The van der Waals surface area contributed by atoms with Gasteiger partial charge in [-0.15, -0.1) is 0 Å². The molecular weight excluding hydrogens is 648 g/mol. The van der Waals surface area contributed by atoms with Crippen molar-refractivity contribution in [1.29, 1.82) is 0 Å². The lowest BCUT2D eigenvalue weighted by molar-refractivity contribution is -0.172. The molecule has 13 nitrogen and oxygen atoms in total. The first kappa shape index (κ1) is 35.0. The van der Waals surface area contributed by atoms with E-state index in [1.54, 1.807) is 44.2 Å². The van der Waals surface area contributed by atoms with Gasteiger partial charge in [0.15, 0.2) is 5.79 Å². The molecule has 2 saturated heterocycles. The Kier molecular flexibility index (Phi) is 10.2. The van der Waals surface area contributed by atoms with E-state index in [2.05, 4.69) is 10.6 Å². The molecule has 50 heavy (non-hydrogen) atoms. The fourth-order valence-corrected chi connectivity index (χ4v) is 6.54. The standard InChI is InChI=1S/C37H40N2O11/c1-36(2)21-46-35(45)32(36)48-30(42)12-9-22-7-10-23(11-8-22)34(44)47-27-17-26(33(43)39-14-13-29(41)38-15-16-40)18-28-31(27)50-37(49-28)19-24-5-3-4-6-25(24)20-37/h3-12,18,27-28,31-32,40H,13-17,19-21H2,1-2H3,(H,38,41)(H,39,43)/t27-,28-,31+,32+/m1/s1. The normalized spacial score (nSPS) is 24.2. The van der Waals surface area contributed by atoms with Gasteiger partial charge in [-0.2, -0.15) is 0 Å². The third-order valence-electron chi connectivity index (χ3n) is 9.14. The zero-order valence-corrected chi connectivity index (χ0v) is 27.8. The molecule has 2 aromatic rings. The highest BCUT2D eigenvalue weighted by molar-refractivity contribution is 5.95. The van der Waals surface area contributed by atoms with E-state index < -0.39 is 59.4 Å². The van der Waals surface area contributed by atoms with Gasteiger partial charge in [-0.05, 0) is 41.0 Å². The number of aliphatic hydroxyl groups excluding tert-OH is 1. The van der Waals surface area contributed by atoms with Gasteiger partial charge in [0.25, 0.3) is 0 Å². The largest absolute Gasteiger partial charge is 0.462 e. The minimum atomic E-state index is -0.991. The molecule has 2 aliphatic heterocycles. The van der Waals surface area contributed by atoms with E-state index in [1.165, 1.54) is 12.2 Å². The predicted octanol–water partition coefficient (Wildman–Crippen LogP) is 1.94. The summed E-state index contributed by atoms with van der Waals surface area (Å²) in [6.45, 7) is 3.74. The van der Waals surface area contributed by atoms with Crippen molar-refractivity contribution in [2.75, 3.05) is 26.3 Å². The van der Waals surface area contributed by atoms with Gasteiger partial charge in [0.2, 0.25) is 17.9 Å². The summed E-state index contributed by atoms with van der Waals surface area (Å²) in [4.78, 5) is 62.9. The first-order valence-corrected chi connectivity index (χ1v) is 16.6. The van der Waals surface area contributed by atoms with Gasteiger partial charge < -0.3 is 39.4 Å². The van der Waals surface area contributed by atoms with Crippen molar-refractivity contribution in [2.45, 2.75) is 69.7 Å². The summed E-state index contributed by atoms with van der Waals surface area (Å²) in [6, 6.07) is 14.3. The maximum absolute atomic E-state index is 13.4. The summed E-state index contributed by atoms with van der Waals surface area (Å²) in [5.74, 6) is -3.59. The van der Waals surface area contributed by atoms with Crippen LogP contribution < -0.4 is 10.6 Å². The number of esters is 3. The number of benzene rings is 2. The third-order valence-corrected chi connectivity index (χ3v) is 9.14. The predicted molar refractivity (Wildman–Crippen MR) is 176 cm³/mol. The maximum atomic E-state index is 13.4. The number of aliphatic hydroxyl groups is 1. The summed E-state index contributed by atoms with van der Waals surface area (Å²) in [5.41, 5.74) is 2.78. The Morgan fingerprint density at radius 2 is 1.68 bits per heavy atom. The fraction of sp³-hybridized carbons (Fsp3) is 0.432. The number of hydrogen-bond donors (Lipinski definition) is 3. The molecule has 0 aromatic heterocycles. The van der Waals surface area contributed by atoms with Gasteiger partial charge in [0.1, 0.15) is 24.9 Å². The second-order valence-corrected chi connectivity index (χ2v) is 13.5. The summed E-state index contributed by atoms with van der Waals surface area (Å²) in [5, 5.41) is 14.2. The lowest BCUT2D eigenvalue weighted by Gasteiger charge is -2.30. The molecule has 0 unspecified atom stereocenters. The van der Waals surface area contributed by atoms with E-state index in [4.69, 9.17) is 28.8 Å². The van der Waals surface area contributed by atoms with Gasteiger partial charge in [0, 0.05) is 55.8 Å². The Labute approximate surface area is 288 Å². The molecule has 13 heteroatoms. The maximum Gasteiger partial charge on any atom is 0.348 e. The zero-order valence-electron chi connectivity index (χ0n) is 27.8. The lowest BCUT2D eigenvalue weighted by Crippen LogP contribution is -2.44. The van der Waals surface area contributed by atoms with Gasteiger partial charge in [0.05, 0.1) is 12.2 Å². The van der Waals surface area contributed by atoms with Crippen molar-refractivity contribution in [1.82, 2.24) is 10.6 Å². The minimum absolute atomic E-state index is 0.0319. The van der Waals surface area contributed by atoms with E-state index in [9.17, 15) is 24.0 Å². The third kappa shape index (κ3) is 7.80. The van der Waals surface area contributed by atoms with Crippen LogP contribution in [-0.2, 0) is 55.7 Å². The fourth-order valence-electron chi connectivity index (χ4n) is 6.54. The molecule has 2 amide bonds. The summed E-state index contributed by atoms with van der Waals surface area (Å²) >= 11 is 0. The summed E-state index contributed by atoms with van der Waals surface area (Å²) in [7, 11) is 0. The van der Waals surface area contributed by atoms with E-state index >= 15 is 0 Å². The van der Waals surface area contributed by atoms with Crippen molar-refractivity contribution in [3.05, 3.63) is 88.5 Å². The summed E-state index contributed by atoms with van der Waals surface area (Å²) < 4.78 is 29.3. The van der Waals surface area contributed by atoms with Crippen LogP contribution in [0.15, 0.2) is 66.3 Å². The molecule has 0 bridgehead atoms. The molecule has 2 aliphatic carbocycles. The number of rotatable bonds is 11. The molecule has 2 aromatic carbocycles. The Balaban J connectivity index is 1.11. The molecule has 4 atom stereocenters. The first-order valence-electron chi connectivity index (χ1n) is 16.6. The van der Waals surface area contributed by atoms with Crippen molar-refractivity contribution in [2.24, 2.45) is 5.41 Å². The smallest absolute Gasteiger partial charge is 0.348 e. The molecule has 4 aliphatic rings. The Hall–Kier alpha value is -4.85. The van der Waals surface area contributed by atoms with Crippen molar-refractivity contribution in [3.8, 4) is 0 Å². The van der Waals surface area contributed by atoms with Crippen LogP contribution in [0, 0.1) is 5.41 Å². The monoisotopic (exact) mass is 688 g/mol. The highest BCUT2D eigenvalue weighted by Gasteiger charge is 2.55. The van der Waals surface area contributed by atoms with Crippen molar-refractivity contribution < 1.29 is 52.8 Å². The van der Waals surface area contributed by atoms with E-state index in [0.717, 1.165) is 11.1 Å². The van der Waals surface area contributed by atoms with Crippen LogP contribution in [0.25, 0.3) is 6.08 Å². The van der Waals surface area contributed by atoms with Crippen molar-refractivity contribution >= 4 is 35.8 Å². The van der Waals surface area contributed by atoms with Crippen LogP contribution in [0.4, 0.5) is 0 Å². The number of cyclic esters (lactones) is 1. The quantitative estimate of drug-likeness (QED) is 0.179. The van der Waals surface area contributed by atoms with Crippen LogP contribution >= 0.6 is 0 Å². The average molecular weight is 689 g/mol. The number of fused-ring (bicyclic) bond motifs is 2. The molecule has 2 heterocycles. The first-order chi connectivity index (χ1) is 23.9. The highest BCUT2D eigenvalue weighted by atomic mass is 16.8. The Morgan fingerprint density at radius 1 is 0.960 bits per heavy atom. The molecular formula is C37H40N2O11. The Bertz CT molecular complexity index is 1690. The van der Waals surface area contributed by atoms with Gasteiger partial charge in [-0.3, -0.25) is 9.59 Å². The molecule has 1 spiro atoms. The SMILES string of the molecule is CC1(C)COC(=O)[C@@H]1OC(=O)C=Cc1ccc(C(=O)O[C@@H]2CC(C(=O)NCCC(=O)NCCO)=C[C@H]3OC4(Cc5ccccc5C4)O[C@H]32)cc1. The topological polar surface area (TPSA) is 176 Å². The molecule has 264 valence electrons. The lowest BCUT2D eigenvalue weighted by atomic mass is 9.90. The molecule has 2 fully saturated rings. The van der Waals surface area contributed by atoms with E-state index in [-0.39, 0.29) is 50.6 Å². The Morgan fingerprint density at radius 3 is 2.34 bits per heavy atom. The van der Waals surface area contributed by atoms with Crippen LogP contribution in [0.5, 0.6) is 0 Å². The minimum Gasteiger partial charge on any atom is -0.462 e. The van der Waals surface area contributed by atoms with Gasteiger partial charge in [-0.1, -0.05) is 50.2 Å². The zero-order chi connectivity index (χ0) is 35.5. The number of ether oxygens (including phenoxy) is 5. The number of carbonyl (C=O) groups excluding carboxylic acids is 5. The van der Waals surface area contributed by atoms with E-state index in [1.807, 2.05) is 24.3 Å². The molecule has 3 N–H and O–H groups in total. The number of hydrogen-bond acceptors (Lipinski definition) is 11. The second-order valence-electron chi connectivity index (χ2n) is 13.5. The summed E-state index contributed by atoms with van der Waals surface area (Å²) in [6.07, 6.45) is 2.37. The van der Waals surface area contributed by atoms with Gasteiger partial charge in [-0.25, -0.2) is 14.4 Å². The molecule has 6 rings (SSSR count). The van der Waals surface area contributed by atoms with E-state index in [0.29, 0.717) is 24.0 Å². The average Bonchev–Trinajstić information content (AvgIpc) is 3.73. The van der Waals surface area contributed by atoms with Crippen LogP contribution in [-0.4, -0.2) is 91.3 Å². The van der Waals surface area contributed by atoms with Crippen LogP contribution in [0.2, 0.25) is 0 Å². The molecule has 0 saturated carbocycles. The highest BCUT2D eigenvalue weighted by Crippen LogP contribution is 2.45. The molecule has 0 radical (unpaired) electrons. The number of carbonyl (C=O) groups is 5. The number of nitrogens with one attached hydrogen (secondary N) is 2. The second kappa shape index (κ2) is 14.6. The van der Waals surface area contributed by atoms with Crippen molar-refractivity contribution in [3.63, 3.8) is 0 Å². The van der Waals surface area contributed by atoms with Crippen LogP contribution in [0.3, 0.4) is 0 Å². The number of amides is 2. The van der Waals surface area contributed by atoms with Gasteiger partial charge >= 0.3 is 17.9 Å².